The molecule has 1 aromatic rings. The summed E-state index contributed by atoms with van der Waals surface area (Å²) in [5.41, 5.74) is 0.477. The third-order valence-corrected chi connectivity index (χ3v) is 3.77. The first-order valence-electron chi connectivity index (χ1n) is 6.36. The maximum atomic E-state index is 11.5. The van der Waals surface area contributed by atoms with Gasteiger partial charge in [0.15, 0.2) is 9.84 Å². The van der Waals surface area contributed by atoms with Crippen LogP contribution in [0.4, 0.5) is 10.5 Å². The maximum absolute atomic E-state index is 11.5. The van der Waals surface area contributed by atoms with Crippen molar-refractivity contribution in [3.63, 3.8) is 0 Å². The molecule has 0 saturated heterocycles. The Hall–Kier alpha value is -2.09. The number of sulfone groups is 1. The summed E-state index contributed by atoms with van der Waals surface area (Å²) in [5.74, 6) is -0.856. The molecular formula is C13H18N2O5S. The number of hydrogen-bond donors (Lipinski definition) is 3. The van der Waals surface area contributed by atoms with Crippen molar-refractivity contribution in [2.45, 2.75) is 24.2 Å². The van der Waals surface area contributed by atoms with Crippen LogP contribution in [0, 0.1) is 0 Å². The fraction of sp³-hybridized carbons (Fsp3) is 0.385. The Morgan fingerprint density at radius 2 is 1.76 bits per heavy atom. The van der Waals surface area contributed by atoms with Gasteiger partial charge in [-0.05, 0) is 37.1 Å². The highest BCUT2D eigenvalue weighted by molar-refractivity contribution is 7.90. The summed E-state index contributed by atoms with van der Waals surface area (Å²) in [6.07, 6.45) is 2.26. The Bertz CT molecular complexity index is 595. The monoisotopic (exact) mass is 314 g/mol. The molecule has 0 unspecified atom stereocenters. The summed E-state index contributed by atoms with van der Waals surface area (Å²) in [4.78, 5) is 22.0. The standard InChI is InChI=1S/C13H18N2O5S/c1-21(19,20)11-7-5-10(6-8-11)15-13(18)14-9-3-2-4-12(16)17/h5-8H,2-4,9H2,1H3,(H,16,17)(H2,14,15,18). The minimum atomic E-state index is -3.25. The van der Waals surface area contributed by atoms with Crippen LogP contribution >= 0.6 is 0 Å². The lowest BCUT2D eigenvalue weighted by Crippen LogP contribution is -2.29. The number of aliphatic carboxylic acids is 1. The SMILES string of the molecule is CS(=O)(=O)c1ccc(NC(=O)NCCCCC(=O)O)cc1. The van der Waals surface area contributed by atoms with Crippen molar-refractivity contribution >= 4 is 27.5 Å². The number of carbonyl (C=O) groups excluding carboxylic acids is 1. The molecule has 0 atom stereocenters. The number of carboxylic acids is 1. The molecule has 7 nitrogen and oxygen atoms in total. The van der Waals surface area contributed by atoms with Crippen molar-refractivity contribution in [3.05, 3.63) is 24.3 Å². The lowest BCUT2D eigenvalue weighted by atomic mass is 10.2. The molecule has 0 radical (unpaired) electrons. The van der Waals surface area contributed by atoms with Gasteiger partial charge in [-0.25, -0.2) is 13.2 Å². The van der Waals surface area contributed by atoms with Gasteiger partial charge in [-0.15, -0.1) is 0 Å². The number of amides is 2. The number of carbonyl (C=O) groups is 2. The van der Waals surface area contributed by atoms with E-state index in [0.29, 0.717) is 25.1 Å². The van der Waals surface area contributed by atoms with Crippen LogP contribution in [0.3, 0.4) is 0 Å². The summed E-state index contributed by atoms with van der Waals surface area (Å²) < 4.78 is 22.6. The molecule has 1 aromatic carbocycles. The zero-order valence-electron chi connectivity index (χ0n) is 11.6. The summed E-state index contributed by atoms with van der Waals surface area (Å²) in [5, 5.41) is 13.6. The number of hydrogen-bond acceptors (Lipinski definition) is 4. The molecule has 8 heteroatoms. The lowest BCUT2D eigenvalue weighted by Gasteiger charge is -2.07. The second kappa shape index (κ2) is 7.63. The Morgan fingerprint density at radius 3 is 2.29 bits per heavy atom. The third-order valence-electron chi connectivity index (χ3n) is 2.64. The van der Waals surface area contributed by atoms with E-state index in [1.54, 1.807) is 0 Å². The van der Waals surface area contributed by atoms with Crippen LogP contribution in [-0.2, 0) is 14.6 Å². The van der Waals surface area contributed by atoms with Gasteiger partial charge in [0.25, 0.3) is 0 Å². The molecule has 3 N–H and O–H groups in total. The second-order valence-corrected chi connectivity index (χ2v) is 6.54. The minimum absolute atomic E-state index is 0.0796. The van der Waals surface area contributed by atoms with E-state index in [2.05, 4.69) is 10.6 Å². The largest absolute Gasteiger partial charge is 0.481 e. The first-order valence-corrected chi connectivity index (χ1v) is 8.25. The Labute approximate surface area is 123 Å². The van der Waals surface area contributed by atoms with Crippen molar-refractivity contribution in [3.8, 4) is 0 Å². The third kappa shape index (κ3) is 6.75. The maximum Gasteiger partial charge on any atom is 0.319 e. The predicted molar refractivity (Wildman–Crippen MR) is 78.1 cm³/mol. The van der Waals surface area contributed by atoms with Crippen molar-refractivity contribution in [2.24, 2.45) is 0 Å². The highest BCUT2D eigenvalue weighted by Gasteiger charge is 2.07. The Kier molecular flexibility index (Phi) is 6.16. The van der Waals surface area contributed by atoms with E-state index in [9.17, 15) is 18.0 Å². The Morgan fingerprint density at radius 1 is 1.14 bits per heavy atom. The van der Waals surface area contributed by atoms with E-state index in [4.69, 9.17) is 5.11 Å². The van der Waals surface area contributed by atoms with E-state index in [1.165, 1.54) is 24.3 Å². The van der Waals surface area contributed by atoms with Crippen LogP contribution in [-0.4, -0.2) is 38.3 Å². The van der Waals surface area contributed by atoms with Gasteiger partial charge in [0.1, 0.15) is 0 Å². The van der Waals surface area contributed by atoms with Gasteiger partial charge in [0, 0.05) is 24.9 Å². The molecule has 0 saturated carbocycles. The smallest absolute Gasteiger partial charge is 0.319 e. The lowest BCUT2D eigenvalue weighted by molar-refractivity contribution is -0.137. The van der Waals surface area contributed by atoms with Crippen molar-refractivity contribution < 1.29 is 23.1 Å². The molecule has 0 aliphatic carbocycles. The molecule has 1 rings (SSSR count). The average molecular weight is 314 g/mol. The van der Waals surface area contributed by atoms with Crippen LogP contribution in [0.15, 0.2) is 29.2 Å². The molecule has 21 heavy (non-hydrogen) atoms. The molecule has 0 fully saturated rings. The van der Waals surface area contributed by atoms with E-state index in [0.717, 1.165) is 6.26 Å². The number of carboxylic acid groups (broad SMARTS) is 1. The summed E-state index contributed by atoms with van der Waals surface area (Å²) in [6.45, 7) is 0.376. The number of rotatable bonds is 7. The van der Waals surface area contributed by atoms with Crippen molar-refractivity contribution in [1.82, 2.24) is 5.32 Å². The molecule has 0 heterocycles. The van der Waals surface area contributed by atoms with Crippen LogP contribution in [0.2, 0.25) is 0 Å². The van der Waals surface area contributed by atoms with Gasteiger partial charge in [-0.3, -0.25) is 4.79 Å². The Balaban J connectivity index is 2.36. The van der Waals surface area contributed by atoms with Crippen LogP contribution in [0.5, 0.6) is 0 Å². The fourth-order valence-electron chi connectivity index (χ4n) is 1.56. The predicted octanol–water partition coefficient (Wildman–Crippen LogP) is 1.47. The van der Waals surface area contributed by atoms with E-state index >= 15 is 0 Å². The highest BCUT2D eigenvalue weighted by Crippen LogP contribution is 2.13. The number of urea groups is 1. The molecule has 0 aliphatic heterocycles. The molecule has 0 bridgehead atoms. The first-order chi connectivity index (χ1) is 9.79. The summed E-state index contributed by atoms with van der Waals surface area (Å²) >= 11 is 0. The van der Waals surface area contributed by atoms with Crippen molar-refractivity contribution in [1.29, 1.82) is 0 Å². The highest BCUT2D eigenvalue weighted by atomic mass is 32.2. The van der Waals surface area contributed by atoms with Gasteiger partial charge >= 0.3 is 12.0 Å². The van der Waals surface area contributed by atoms with Gasteiger partial charge in [-0.1, -0.05) is 0 Å². The van der Waals surface area contributed by atoms with E-state index in [1.807, 2.05) is 0 Å². The van der Waals surface area contributed by atoms with Gasteiger partial charge in [0.2, 0.25) is 0 Å². The second-order valence-electron chi connectivity index (χ2n) is 4.53. The van der Waals surface area contributed by atoms with Gasteiger partial charge in [0.05, 0.1) is 4.90 Å². The number of benzene rings is 1. The molecule has 0 spiro atoms. The summed E-state index contributed by atoms with van der Waals surface area (Å²) in [6, 6.07) is 5.41. The average Bonchev–Trinajstić information content (AvgIpc) is 2.37. The number of unbranched alkanes of at least 4 members (excludes halogenated alkanes) is 1. The van der Waals surface area contributed by atoms with Crippen molar-refractivity contribution in [2.75, 3.05) is 18.1 Å². The van der Waals surface area contributed by atoms with Crippen LogP contribution in [0.1, 0.15) is 19.3 Å². The van der Waals surface area contributed by atoms with Gasteiger partial charge in [-0.2, -0.15) is 0 Å². The zero-order valence-corrected chi connectivity index (χ0v) is 12.4. The van der Waals surface area contributed by atoms with Gasteiger partial charge < -0.3 is 15.7 Å². The number of anilines is 1. The van der Waals surface area contributed by atoms with Crippen LogP contribution < -0.4 is 10.6 Å². The zero-order chi connectivity index (χ0) is 15.9. The molecule has 0 aliphatic rings. The fourth-order valence-corrected chi connectivity index (χ4v) is 2.19. The van der Waals surface area contributed by atoms with E-state index < -0.39 is 21.8 Å². The molecular weight excluding hydrogens is 296 g/mol. The quantitative estimate of drug-likeness (QED) is 0.660. The first kappa shape index (κ1) is 17.0. The molecule has 0 aromatic heterocycles. The molecule has 116 valence electrons. The van der Waals surface area contributed by atoms with E-state index in [-0.39, 0.29) is 11.3 Å². The summed E-state index contributed by atoms with van der Waals surface area (Å²) in [7, 11) is -3.25. The topological polar surface area (TPSA) is 113 Å². The number of nitrogens with one attached hydrogen (secondary N) is 2. The molecule has 2 amide bonds. The normalized spacial score (nSPS) is 10.9. The minimum Gasteiger partial charge on any atom is -0.481 e. The van der Waals surface area contributed by atoms with Crippen LogP contribution in [0.25, 0.3) is 0 Å².